The van der Waals surface area contributed by atoms with Crippen molar-refractivity contribution in [3.05, 3.63) is 114 Å². The number of rotatable bonds is 8. The number of fused-ring (bicyclic) bond motifs is 3. The minimum absolute atomic E-state index is 0. The fourth-order valence-corrected chi connectivity index (χ4v) is 7.86. The molecular formula is C38H32N4O2PtS2. The van der Waals surface area contributed by atoms with Crippen LogP contribution in [-0.2, 0) is 21.1 Å². The zero-order valence-corrected chi connectivity index (χ0v) is 30.7. The van der Waals surface area contributed by atoms with Crippen molar-refractivity contribution in [3.8, 4) is 39.9 Å². The van der Waals surface area contributed by atoms with Crippen molar-refractivity contribution in [2.75, 3.05) is 19.6 Å². The maximum Gasteiger partial charge on any atom is 2.00 e. The second-order valence-electron chi connectivity index (χ2n) is 11.0. The van der Waals surface area contributed by atoms with Gasteiger partial charge in [-0.25, -0.2) is 4.98 Å². The molecule has 3 heterocycles. The van der Waals surface area contributed by atoms with E-state index in [-0.39, 0.29) is 21.1 Å². The normalized spacial score (nSPS) is 11.2. The van der Waals surface area contributed by atoms with Gasteiger partial charge in [0.25, 0.3) is 0 Å². The predicted octanol–water partition coefficient (Wildman–Crippen LogP) is 9.80. The number of hydrogen-bond acceptors (Lipinski definition) is 6. The van der Waals surface area contributed by atoms with Crippen LogP contribution in [0.4, 0.5) is 0 Å². The van der Waals surface area contributed by atoms with Gasteiger partial charge >= 0.3 is 21.1 Å². The maximum atomic E-state index is 6.37. The molecule has 7 rings (SSSR count). The molecule has 0 atom stereocenters. The van der Waals surface area contributed by atoms with Gasteiger partial charge in [0, 0.05) is 56.4 Å². The molecule has 0 N–H and O–H groups in total. The van der Waals surface area contributed by atoms with Gasteiger partial charge in [-0.2, -0.15) is 17.2 Å². The van der Waals surface area contributed by atoms with Crippen LogP contribution in [0.15, 0.2) is 95.1 Å². The first-order valence-corrected chi connectivity index (χ1v) is 17.3. The van der Waals surface area contributed by atoms with Crippen LogP contribution in [0.2, 0.25) is 0 Å². The summed E-state index contributed by atoms with van der Waals surface area (Å²) in [4.78, 5) is 7.24. The van der Waals surface area contributed by atoms with Gasteiger partial charge in [0.2, 0.25) is 0 Å². The van der Waals surface area contributed by atoms with Gasteiger partial charge in [-0.15, -0.1) is 59.2 Å². The summed E-state index contributed by atoms with van der Waals surface area (Å²) in [5.41, 5.74) is 8.99. The monoisotopic (exact) mass is 835 g/mol. The summed E-state index contributed by atoms with van der Waals surface area (Å²) in [6, 6.07) is 28.8. The van der Waals surface area contributed by atoms with E-state index >= 15 is 0 Å². The molecule has 0 unspecified atom stereocenters. The molecule has 238 valence electrons. The average Bonchev–Trinajstić information content (AvgIpc) is 3.70. The van der Waals surface area contributed by atoms with Crippen molar-refractivity contribution < 1.29 is 30.5 Å². The number of para-hydroxylation sites is 1. The van der Waals surface area contributed by atoms with Crippen molar-refractivity contribution >= 4 is 45.3 Å². The van der Waals surface area contributed by atoms with Gasteiger partial charge < -0.3 is 14.0 Å². The first-order valence-electron chi connectivity index (χ1n) is 14.8. The van der Waals surface area contributed by atoms with E-state index in [4.69, 9.17) is 14.6 Å². The Morgan fingerprint density at radius 1 is 0.787 bits per heavy atom. The largest absolute Gasteiger partial charge is 2.00 e. The third-order valence-corrected chi connectivity index (χ3v) is 10.3. The maximum absolute atomic E-state index is 6.37. The fourth-order valence-electron chi connectivity index (χ4n) is 6.02. The second-order valence-corrected chi connectivity index (χ2v) is 12.6. The van der Waals surface area contributed by atoms with Crippen molar-refractivity contribution in [2.45, 2.75) is 30.6 Å². The molecule has 7 aromatic rings. The Labute approximate surface area is 297 Å². The summed E-state index contributed by atoms with van der Waals surface area (Å²) in [7, 11) is 1.66. The third-order valence-electron chi connectivity index (χ3n) is 8.50. The number of benzene rings is 4. The molecule has 6 nitrogen and oxygen atoms in total. The number of ether oxygens (including phenoxy) is 2. The molecule has 0 fully saturated rings. The first kappa shape index (κ1) is 32.9. The molecule has 47 heavy (non-hydrogen) atoms. The van der Waals surface area contributed by atoms with Crippen LogP contribution in [0.5, 0.6) is 17.2 Å². The van der Waals surface area contributed by atoms with Crippen molar-refractivity contribution in [1.82, 2.24) is 19.3 Å². The van der Waals surface area contributed by atoms with E-state index in [1.54, 1.807) is 36.8 Å². The van der Waals surface area contributed by atoms with Crippen LogP contribution in [0, 0.1) is 32.9 Å². The summed E-state index contributed by atoms with van der Waals surface area (Å²) in [6.45, 7) is 6.63. The minimum Gasteiger partial charge on any atom is -0.509 e. The molecule has 0 amide bonds. The Morgan fingerprint density at radius 2 is 1.53 bits per heavy atom. The Morgan fingerprint density at radius 3 is 2.28 bits per heavy atom. The van der Waals surface area contributed by atoms with Crippen LogP contribution in [0.3, 0.4) is 0 Å². The quantitative estimate of drug-likeness (QED) is 0.112. The van der Waals surface area contributed by atoms with Crippen molar-refractivity contribution in [3.63, 3.8) is 0 Å². The van der Waals surface area contributed by atoms with E-state index in [1.165, 1.54) is 32.0 Å². The average molecular weight is 836 g/mol. The molecule has 0 saturated carbocycles. The first-order chi connectivity index (χ1) is 22.4. The van der Waals surface area contributed by atoms with Crippen LogP contribution < -0.4 is 9.47 Å². The van der Waals surface area contributed by atoms with Gasteiger partial charge in [-0.3, -0.25) is 4.68 Å². The summed E-state index contributed by atoms with van der Waals surface area (Å²) in [6.07, 6.45) is 10.1. The molecule has 0 spiro atoms. The standard InChI is InChI=1S/C38H32N4O2S2.Pt/c1-23-24(2)37(45-5)36(38(46-6)25(23)3)26-21-40-41(22-26)27-10-9-11-29(18-27)44-30-14-15-32-31-12-7-8-13-33(31)42(34(32)19-30)35-20-28(43-4)16-17-39-35;/h7-17,20-22H,1-6H3;/q-2;+2. The topological polar surface area (TPSA) is 54.1 Å². The zero-order chi connectivity index (χ0) is 31.9. The molecule has 4 aromatic carbocycles. The summed E-state index contributed by atoms with van der Waals surface area (Å²) >= 11 is 3.58. The van der Waals surface area contributed by atoms with E-state index in [2.05, 4.69) is 79.4 Å². The van der Waals surface area contributed by atoms with Crippen LogP contribution in [-0.4, -0.2) is 39.0 Å². The number of pyridine rings is 1. The number of methoxy groups -OCH3 is 1. The molecule has 0 aliphatic heterocycles. The Kier molecular flexibility index (Phi) is 9.56. The fraction of sp³-hybridized carbons (Fsp3) is 0.158. The number of thioether (sulfide) groups is 2. The van der Waals surface area contributed by atoms with Crippen molar-refractivity contribution in [2.24, 2.45) is 0 Å². The van der Waals surface area contributed by atoms with Gasteiger partial charge in [-0.05, 0) is 73.2 Å². The number of nitrogens with zero attached hydrogens (tertiary/aromatic N) is 4. The van der Waals surface area contributed by atoms with E-state index in [9.17, 15) is 0 Å². The summed E-state index contributed by atoms with van der Waals surface area (Å²) < 4.78 is 15.8. The van der Waals surface area contributed by atoms with Crippen LogP contribution >= 0.6 is 23.5 Å². The van der Waals surface area contributed by atoms with E-state index < -0.39 is 0 Å². The minimum atomic E-state index is 0. The third kappa shape index (κ3) is 5.88. The SMILES string of the molecule is COc1ccnc(-n2c3[c-]c(Oc4[c-]c(-n5cc(-c6c(SC)c(C)c(C)c(C)c6SC)cn5)ccc4)ccc3c3ccccc32)c1.[Pt+2]. The number of hydrogen-bond donors (Lipinski definition) is 0. The molecule has 0 aliphatic carbocycles. The Hall–Kier alpha value is -3.97. The van der Waals surface area contributed by atoms with Gasteiger partial charge in [0.15, 0.2) is 0 Å². The molecular weight excluding hydrogens is 804 g/mol. The molecule has 0 radical (unpaired) electrons. The predicted molar refractivity (Wildman–Crippen MR) is 190 cm³/mol. The van der Waals surface area contributed by atoms with E-state index in [0.29, 0.717) is 11.5 Å². The van der Waals surface area contributed by atoms with E-state index in [1.807, 2.05) is 59.4 Å². The van der Waals surface area contributed by atoms with Gasteiger partial charge in [0.05, 0.1) is 13.3 Å². The second kappa shape index (κ2) is 13.6. The van der Waals surface area contributed by atoms with E-state index in [0.717, 1.165) is 44.6 Å². The molecule has 0 aliphatic rings. The Bertz CT molecular complexity index is 2230. The van der Waals surface area contributed by atoms with Gasteiger partial charge in [-0.1, -0.05) is 23.7 Å². The van der Waals surface area contributed by atoms with Gasteiger partial charge in [0.1, 0.15) is 11.6 Å². The van der Waals surface area contributed by atoms with Crippen molar-refractivity contribution in [1.29, 1.82) is 0 Å². The zero-order valence-electron chi connectivity index (χ0n) is 26.8. The molecule has 3 aromatic heterocycles. The van der Waals surface area contributed by atoms with Crippen LogP contribution in [0.1, 0.15) is 16.7 Å². The summed E-state index contributed by atoms with van der Waals surface area (Å²) in [5, 5.41) is 6.92. The van der Waals surface area contributed by atoms with Crippen LogP contribution in [0.25, 0.3) is 44.4 Å². The molecule has 9 heteroatoms. The summed E-state index contributed by atoms with van der Waals surface area (Å²) in [5.74, 6) is 2.63. The number of aromatic nitrogens is 4. The molecule has 0 saturated heterocycles. The Balaban J connectivity index is 0.00000386. The smallest absolute Gasteiger partial charge is 0.509 e. The molecule has 0 bridgehead atoms.